The first-order valence-corrected chi connectivity index (χ1v) is 9.86. The summed E-state index contributed by atoms with van der Waals surface area (Å²) in [5.41, 5.74) is 6.44. The quantitative estimate of drug-likeness (QED) is 0.822. The zero-order chi connectivity index (χ0) is 18.0. The largest absolute Gasteiger partial charge is 0.342 e. The molecule has 0 radical (unpaired) electrons. The molecule has 0 spiro atoms. The van der Waals surface area contributed by atoms with E-state index in [1.54, 1.807) is 0 Å². The van der Waals surface area contributed by atoms with E-state index in [0.717, 1.165) is 44.6 Å². The van der Waals surface area contributed by atoms with E-state index in [-0.39, 0.29) is 0 Å². The smallest absolute Gasteiger partial charge is 0.225 e. The van der Waals surface area contributed by atoms with Crippen LogP contribution in [0, 0.1) is 17.8 Å². The van der Waals surface area contributed by atoms with Gasteiger partial charge in [0.05, 0.1) is 11.7 Å². The molecule has 0 aromatic carbocycles. The van der Waals surface area contributed by atoms with Crippen LogP contribution in [0.5, 0.6) is 0 Å². The molecule has 1 saturated heterocycles. The minimum atomic E-state index is -0.452. The van der Waals surface area contributed by atoms with Crippen LogP contribution in [0.4, 0.5) is 0 Å². The Balaban J connectivity index is 1.43. The van der Waals surface area contributed by atoms with E-state index in [2.05, 4.69) is 22.1 Å². The number of nitrogens with two attached hydrogens (primary N) is 1. The van der Waals surface area contributed by atoms with Crippen molar-refractivity contribution in [3.05, 3.63) is 11.9 Å². The Hall–Kier alpha value is -1.43. The van der Waals surface area contributed by atoms with Crippen molar-refractivity contribution >= 4 is 5.91 Å². The van der Waals surface area contributed by atoms with Crippen molar-refractivity contribution in [1.82, 2.24) is 19.9 Å². The molecule has 1 amide bonds. The van der Waals surface area contributed by atoms with E-state index < -0.39 is 5.54 Å². The Labute approximate surface area is 151 Å². The standard InChI is InChI=1S/C19H33N5O/c1-4-5-6-15-11-16(15)18(25)23-9-7-14(8-10-23)12-24-13-17(21-22-24)19(2,3)20/h13-16H,4-12,20H2,1-3H3/t15-,16+/m1/s1. The number of hydrogen-bond acceptors (Lipinski definition) is 4. The first-order chi connectivity index (χ1) is 11.9. The predicted molar refractivity (Wildman–Crippen MR) is 97.7 cm³/mol. The molecule has 1 aliphatic heterocycles. The number of hydrogen-bond donors (Lipinski definition) is 1. The lowest BCUT2D eigenvalue weighted by Gasteiger charge is -2.32. The molecule has 1 aromatic heterocycles. The summed E-state index contributed by atoms with van der Waals surface area (Å²) in [5, 5.41) is 8.40. The molecule has 1 saturated carbocycles. The summed E-state index contributed by atoms with van der Waals surface area (Å²) in [6.07, 6.45) is 8.91. The Bertz CT molecular complexity index is 583. The Morgan fingerprint density at radius 1 is 1.36 bits per heavy atom. The molecule has 2 heterocycles. The highest BCUT2D eigenvalue weighted by molar-refractivity contribution is 5.81. The van der Waals surface area contributed by atoms with Crippen molar-refractivity contribution < 1.29 is 4.79 Å². The van der Waals surface area contributed by atoms with Crippen molar-refractivity contribution in [2.45, 2.75) is 71.4 Å². The van der Waals surface area contributed by atoms with Crippen LogP contribution < -0.4 is 5.73 Å². The number of aromatic nitrogens is 3. The van der Waals surface area contributed by atoms with Gasteiger partial charge in [0.15, 0.2) is 0 Å². The number of unbranched alkanes of at least 4 members (excludes halogenated alkanes) is 1. The van der Waals surface area contributed by atoms with Crippen molar-refractivity contribution in [2.75, 3.05) is 13.1 Å². The molecule has 1 aromatic rings. The highest BCUT2D eigenvalue weighted by Gasteiger charge is 2.44. The molecule has 1 aliphatic carbocycles. The van der Waals surface area contributed by atoms with E-state index >= 15 is 0 Å². The van der Waals surface area contributed by atoms with Crippen molar-refractivity contribution in [3.63, 3.8) is 0 Å². The summed E-state index contributed by atoms with van der Waals surface area (Å²) < 4.78 is 1.91. The van der Waals surface area contributed by atoms with Crippen LogP contribution >= 0.6 is 0 Å². The van der Waals surface area contributed by atoms with Gasteiger partial charge in [0.25, 0.3) is 0 Å². The second-order valence-electron chi connectivity index (χ2n) is 8.56. The predicted octanol–water partition coefficient (Wildman–Crippen LogP) is 2.54. The second kappa shape index (κ2) is 7.44. The van der Waals surface area contributed by atoms with E-state index in [4.69, 9.17) is 5.73 Å². The summed E-state index contributed by atoms with van der Waals surface area (Å²) >= 11 is 0. The number of likely N-dealkylation sites (tertiary alicyclic amines) is 1. The van der Waals surface area contributed by atoms with Crippen molar-refractivity contribution in [3.8, 4) is 0 Å². The summed E-state index contributed by atoms with van der Waals surface area (Å²) in [7, 11) is 0. The highest BCUT2D eigenvalue weighted by Crippen LogP contribution is 2.44. The SMILES string of the molecule is CCCC[C@@H]1C[C@@H]1C(=O)N1CCC(Cn2cc(C(C)(C)N)nn2)CC1. The first-order valence-electron chi connectivity index (χ1n) is 9.86. The maximum Gasteiger partial charge on any atom is 0.225 e. The van der Waals surface area contributed by atoms with Gasteiger partial charge in [0, 0.05) is 25.6 Å². The summed E-state index contributed by atoms with van der Waals surface area (Å²) in [4.78, 5) is 14.7. The van der Waals surface area contributed by atoms with Gasteiger partial charge in [-0.25, -0.2) is 0 Å². The third-order valence-electron chi connectivity index (χ3n) is 5.74. The maximum absolute atomic E-state index is 12.6. The van der Waals surface area contributed by atoms with E-state index in [0.29, 0.717) is 23.7 Å². The summed E-state index contributed by atoms with van der Waals surface area (Å²) in [5.74, 6) is 1.97. The third-order valence-corrected chi connectivity index (χ3v) is 5.74. The Morgan fingerprint density at radius 2 is 2.08 bits per heavy atom. The van der Waals surface area contributed by atoms with Gasteiger partial charge in [-0.2, -0.15) is 0 Å². The molecule has 6 nitrogen and oxygen atoms in total. The Kier molecular flexibility index (Phi) is 5.46. The zero-order valence-electron chi connectivity index (χ0n) is 15.9. The fourth-order valence-electron chi connectivity index (χ4n) is 3.85. The first kappa shape index (κ1) is 18.4. The van der Waals surface area contributed by atoms with Crippen LogP contribution in [0.2, 0.25) is 0 Å². The minimum absolute atomic E-state index is 0.327. The van der Waals surface area contributed by atoms with Crippen LogP contribution in [-0.4, -0.2) is 38.9 Å². The van der Waals surface area contributed by atoms with E-state index in [1.807, 2.05) is 24.7 Å². The van der Waals surface area contributed by atoms with E-state index in [9.17, 15) is 4.79 Å². The lowest BCUT2D eigenvalue weighted by molar-refractivity contribution is -0.134. The van der Waals surface area contributed by atoms with Gasteiger partial charge >= 0.3 is 0 Å². The van der Waals surface area contributed by atoms with Crippen LogP contribution in [-0.2, 0) is 16.9 Å². The molecular weight excluding hydrogens is 314 g/mol. The monoisotopic (exact) mass is 347 g/mol. The van der Waals surface area contributed by atoms with Crippen LogP contribution in [0.1, 0.15) is 65.0 Å². The van der Waals surface area contributed by atoms with Gasteiger partial charge in [-0.15, -0.1) is 5.10 Å². The normalized spacial score (nSPS) is 24.6. The number of amides is 1. The number of nitrogens with zero attached hydrogens (tertiary/aromatic N) is 4. The molecule has 0 unspecified atom stereocenters. The zero-order valence-corrected chi connectivity index (χ0v) is 15.9. The lowest BCUT2D eigenvalue weighted by Crippen LogP contribution is -2.40. The molecule has 3 rings (SSSR count). The molecule has 2 atom stereocenters. The molecular formula is C19H33N5O. The van der Waals surface area contributed by atoms with Crippen LogP contribution in [0.15, 0.2) is 6.20 Å². The molecule has 0 bridgehead atoms. The number of carbonyl (C=O) groups is 1. The van der Waals surface area contributed by atoms with Gasteiger partial charge in [0.1, 0.15) is 5.69 Å². The fourth-order valence-corrected chi connectivity index (χ4v) is 3.85. The Morgan fingerprint density at radius 3 is 2.68 bits per heavy atom. The fraction of sp³-hybridized carbons (Fsp3) is 0.842. The summed E-state index contributed by atoms with van der Waals surface area (Å²) in [6, 6.07) is 0. The van der Waals surface area contributed by atoms with Gasteiger partial charge in [0.2, 0.25) is 5.91 Å². The average Bonchev–Trinajstić information content (AvgIpc) is 3.19. The number of carbonyl (C=O) groups excluding carboxylic acids is 1. The molecule has 2 N–H and O–H groups in total. The second-order valence-corrected chi connectivity index (χ2v) is 8.56. The van der Waals surface area contributed by atoms with Crippen LogP contribution in [0.25, 0.3) is 0 Å². The molecule has 25 heavy (non-hydrogen) atoms. The minimum Gasteiger partial charge on any atom is -0.342 e. The van der Waals surface area contributed by atoms with Gasteiger partial charge in [-0.05, 0) is 51.4 Å². The van der Waals surface area contributed by atoms with Crippen molar-refractivity contribution in [2.24, 2.45) is 23.5 Å². The van der Waals surface area contributed by atoms with E-state index in [1.165, 1.54) is 19.3 Å². The highest BCUT2D eigenvalue weighted by atomic mass is 16.2. The van der Waals surface area contributed by atoms with Gasteiger partial charge in [-0.3, -0.25) is 9.48 Å². The van der Waals surface area contributed by atoms with Gasteiger partial charge in [-0.1, -0.05) is 25.0 Å². The van der Waals surface area contributed by atoms with Crippen molar-refractivity contribution in [1.29, 1.82) is 0 Å². The number of piperidine rings is 1. The molecule has 6 heteroatoms. The lowest BCUT2D eigenvalue weighted by atomic mass is 9.96. The third kappa shape index (κ3) is 4.60. The summed E-state index contributed by atoms with van der Waals surface area (Å²) in [6.45, 7) is 8.76. The molecule has 140 valence electrons. The maximum atomic E-state index is 12.6. The molecule has 2 fully saturated rings. The topological polar surface area (TPSA) is 77.0 Å². The van der Waals surface area contributed by atoms with Crippen LogP contribution in [0.3, 0.4) is 0 Å². The number of rotatable bonds is 7. The van der Waals surface area contributed by atoms with Gasteiger partial charge < -0.3 is 10.6 Å². The average molecular weight is 348 g/mol. The molecule has 2 aliphatic rings.